The van der Waals surface area contributed by atoms with Crippen molar-refractivity contribution < 1.29 is 4.39 Å². The lowest BCUT2D eigenvalue weighted by atomic mass is 10.1. The molecule has 20 heavy (non-hydrogen) atoms. The second-order valence-electron chi connectivity index (χ2n) is 4.81. The summed E-state index contributed by atoms with van der Waals surface area (Å²) in [5.41, 5.74) is 9.77. The molecule has 0 saturated heterocycles. The van der Waals surface area contributed by atoms with Crippen LogP contribution in [0.3, 0.4) is 0 Å². The predicted octanol–water partition coefficient (Wildman–Crippen LogP) is 2.70. The predicted molar refractivity (Wildman–Crippen MR) is 76.8 cm³/mol. The number of rotatable bonds is 3. The second kappa shape index (κ2) is 4.92. The average molecular weight is 270 g/mol. The Kier molecular flexibility index (Phi) is 3.10. The van der Waals surface area contributed by atoms with Gasteiger partial charge in [-0.2, -0.15) is 0 Å². The number of anilines is 1. The Morgan fingerprint density at radius 1 is 1.30 bits per heavy atom. The van der Waals surface area contributed by atoms with Gasteiger partial charge in [0.25, 0.3) is 0 Å². The summed E-state index contributed by atoms with van der Waals surface area (Å²) in [6.07, 6.45) is 4.21. The maximum Gasteiger partial charge on any atom is 0.201 e. The van der Waals surface area contributed by atoms with E-state index in [1.165, 1.54) is 6.07 Å². The van der Waals surface area contributed by atoms with Crippen molar-refractivity contribution in [2.45, 2.75) is 19.9 Å². The van der Waals surface area contributed by atoms with E-state index in [0.29, 0.717) is 12.5 Å². The van der Waals surface area contributed by atoms with Crippen LogP contribution in [-0.2, 0) is 13.0 Å². The zero-order valence-electron chi connectivity index (χ0n) is 11.2. The molecule has 0 radical (unpaired) electrons. The van der Waals surface area contributed by atoms with Crippen LogP contribution in [-0.4, -0.2) is 14.5 Å². The van der Waals surface area contributed by atoms with Gasteiger partial charge in [0.05, 0.1) is 11.7 Å². The Morgan fingerprint density at radius 3 is 2.95 bits per heavy atom. The fraction of sp³-hybridized carbons (Fsp3) is 0.200. The molecule has 0 aliphatic carbocycles. The number of nitrogen functional groups attached to an aromatic ring is 1. The minimum atomic E-state index is -0.204. The highest BCUT2D eigenvalue weighted by Gasteiger charge is 2.08. The molecule has 0 aliphatic heterocycles. The first-order chi connectivity index (χ1) is 9.65. The van der Waals surface area contributed by atoms with Gasteiger partial charge in [-0.05, 0) is 42.7 Å². The minimum absolute atomic E-state index is 0.204. The number of nitrogens with zero attached hydrogens (tertiary/aromatic N) is 3. The number of hydrogen-bond donors (Lipinski definition) is 1. The molecule has 0 spiro atoms. The van der Waals surface area contributed by atoms with Crippen LogP contribution in [0, 0.1) is 12.7 Å². The summed E-state index contributed by atoms with van der Waals surface area (Å²) < 4.78 is 15.0. The number of pyridine rings is 1. The van der Waals surface area contributed by atoms with E-state index in [9.17, 15) is 4.39 Å². The number of aromatic nitrogens is 3. The van der Waals surface area contributed by atoms with E-state index in [1.54, 1.807) is 18.5 Å². The van der Waals surface area contributed by atoms with E-state index in [-0.39, 0.29) is 5.82 Å². The third-order valence-corrected chi connectivity index (χ3v) is 3.49. The van der Waals surface area contributed by atoms with E-state index in [4.69, 9.17) is 5.73 Å². The van der Waals surface area contributed by atoms with Gasteiger partial charge in [0.1, 0.15) is 11.3 Å². The van der Waals surface area contributed by atoms with E-state index >= 15 is 0 Å². The average Bonchev–Trinajstić information content (AvgIpc) is 2.74. The second-order valence-corrected chi connectivity index (χ2v) is 4.81. The van der Waals surface area contributed by atoms with Crippen molar-refractivity contribution in [2.24, 2.45) is 0 Å². The van der Waals surface area contributed by atoms with Crippen molar-refractivity contribution in [1.82, 2.24) is 14.5 Å². The molecule has 0 aliphatic rings. The molecule has 0 fully saturated rings. The van der Waals surface area contributed by atoms with E-state index in [2.05, 4.69) is 9.97 Å². The van der Waals surface area contributed by atoms with Gasteiger partial charge in [-0.25, -0.2) is 9.37 Å². The minimum Gasteiger partial charge on any atom is -0.369 e. The van der Waals surface area contributed by atoms with Crippen LogP contribution >= 0.6 is 0 Å². The summed E-state index contributed by atoms with van der Waals surface area (Å²) in [4.78, 5) is 8.32. The summed E-state index contributed by atoms with van der Waals surface area (Å²) in [7, 11) is 0. The zero-order valence-corrected chi connectivity index (χ0v) is 11.2. The van der Waals surface area contributed by atoms with Gasteiger partial charge >= 0.3 is 0 Å². The van der Waals surface area contributed by atoms with Gasteiger partial charge < -0.3 is 10.3 Å². The molecule has 0 unspecified atom stereocenters. The number of benzene rings is 1. The number of hydrogen-bond acceptors (Lipinski definition) is 3. The third kappa shape index (κ3) is 2.22. The van der Waals surface area contributed by atoms with Crippen molar-refractivity contribution in [3.8, 4) is 0 Å². The van der Waals surface area contributed by atoms with Gasteiger partial charge in [-0.1, -0.05) is 6.07 Å². The Bertz CT molecular complexity index is 764. The number of fused-ring (bicyclic) bond motifs is 1. The smallest absolute Gasteiger partial charge is 0.201 e. The van der Waals surface area contributed by atoms with Crippen LogP contribution in [0.15, 0.2) is 36.7 Å². The summed E-state index contributed by atoms with van der Waals surface area (Å²) in [5.74, 6) is 0.276. The molecule has 3 rings (SSSR count). The lowest BCUT2D eigenvalue weighted by molar-refractivity contribution is 0.624. The largest absolute Gasteiger partial charge is 0.369 e. The van der Waals surface area contributed by atoms with E-state index in [0.717, 1.165) is 28.6 Å². The Balaban J connectivity index is 1.88. The number of nitrogens with two attached hydrogens (primary N) is 1. The fourth-order valence-corrected chi connectivity index (χ4v) is 2.41. The first kappa shape index (κ1) is 12.6. The highest BCUT2D eigenvalue weighted by molar-refractivity contribution is 5.77. The first-order valence-electron chi connectivity index (χ1n) is 6.46. The van der Waals surface area contributed by atoms with E-state index in [1.807, 2.05) is 23.6 Å². The van der Waals surface area contributed by atoms with Crippen molar-refractivity contribution in [3.05, 3.63) is 53.6 Å². The SMILES string of the molecule is Cc1cc(F)ccc1CCn1c(N)nc2cnccc21. The van der Waals surface area contributed by atoms with Crippen molar-refractivity contribution in [1.29, 1.82) is 0 Å². The molecule has 3 aromatic rings. The van der Waals surface area contributed by atoms with Crippen molar-refractivity contribution in [2.75, 3.05) is 5.73 Å². The van der Waals surface area contributed by atoms with Crippen LogP contribution < -0.4 is 5.73 Å². The van der Waals surface area contributed by atoms with Crippen molar-refractivity contribution >= 4 is 17.0 Å². The summed E-state index contributed by atoms with van der Waals surface area (Å²) in [6, 6.07) is 6.76. The van der Waals surface area contributed by atoms with E-state index < -0.39 is 0 Å². The van der Waals surface area contributed by atoms with Gasteiger partial charge in [0.2, 0.25) is 5.95 Å². The summed E-state index contributed by atoms with van der Waals surface area (Å²) >= 11 is 0. The third-order valence-electron chi connectivity index (χ3n) is 3.49. The molecule has 0 bridgehead atoms. The van der Waals surface area contributed by atoms with Gasteiger partial charge in [-0.3, -0.25) is 4.98 Å². The standard InChI is InChI=1S/C15H15FN4/c1-10-8-12(16)3-2-11(10)5-7-20-14-4-6-18-9-13(14)19-15(20)17/h2-4,6,8-9H,5,7H2,1H3,(H2,17,19). The normalized spacial score (nSPS) is 11.1. The molecule has 0 saturated carbocycles. The molecule has 2 N–H and O–H groups in total. The maximum absolute atomic E-state index is 13.1. The fourth-order valence-electron chi connectivity index (χ4n) is 2.41. The molecule has 0 atom stereocenters. The van der Waals surface area contributed by atoms with Crippen LogP contribution in [0.25, 0.3) is 11.0 Å². The molecule has 0 amide bonds. The number of halogens is 1. The zero-order chi connectivity index (χ0) is 14.1. The molecule has 102 valence electrons. The lowest BCUT2D eigenvalue weighted by Crippen LogP contribution is -2.06. The molecule has 2 aromatic heterocycles. The van der Waals surface area contributed by atoms with Gasteiger partial charge in [0, 0.05) is 12.7 Å². The molecule has 1 aromatic carbocycles. The quantitative estimate of drug-likeness (QED) is 0.796. The molecule has 4 nitrogen and oxygen atoms in total. The maximum atomic E-state index is 13.1. The molecule has 2 heterocycles. The number of imidazole rings is 1. The Labute approximate surface area is 116 Å². The van der Waals surface area contributed by atoms with Crippen molar-refractivity contribution in [3.63, 3.8) is 0 Å². The highest BCUT2D eigenvalue weighted by atomic mass is 19.1. The highest BCUT2D eigenvalue weighted by Crippen LogP contribution is 2.18. The topological polar surface area (TPSA) is 56.7 Å². The van der Waals surface area contributed by atoms with Crippen LogP contribution in [0.2, 0.25) is 0 Å². The number of aryl methyl sites for hydroxylation is 3. The molecular formula is C15H15FN4. The lowest BCUT2D eigenvalue weighted by Gasteiger charge is -2.09. The van der Waals surface area contributed by atoms with Crippen LogP contribution in [0.1, 0.15) is 11.1 Å². The van der Waals surface area contributed by atoms with Crippen LogP contribution in [0.5, 0.6) is 0 Å². The Hall–Kier alpha value is -2.43. The molecular weight excluding hydrogens is 255 g/mol. The van der Waals surface area contributed by atoms with Crippen LogP contribution in [0.4, 0.5) is 10.3 Å². The first-order valence-corrected chi connectivity index (χ1v) is 6.46. The summed E-state index contributed by atoms with van der Waals surface area (Å²) in [6.45, 7) is 2.62. The molecule has 5 heteroatoms. The monoisotopic (exact) mass is 270 g/mol. The Morgan fingerprint density at radius 2 is 2.15 bits per heavy atom. The summed E-state index contributed by atoms with van der Waals surface area (Å²) in [5, 5.41) is 0. The van der Waals surface area contributed by atoms with Gasteiger partial charge in [-0.15, -0.1) is 0 Å². The van der Waals surface area contributed by atoms with Gasteiger partial charge in [0.15, 0.2) is 0 Å².